The molecule has 47 heteroatoms. The fraction of sp³-hybridized carbons (Fsp3) is 0.656. The first-order chi connectivity index (χ1) is 63.4. The minimum absolute atomic E-state index is 0. The number of carbonyl (C=O) groups is 7. The average Bonchev–Trinajstić information content (AvgIpc) is 1.04. The van der Waals surface area contributed by atoms with Gasteiger partial charge in [0.05, 0.1) is 76.0 Å². The predicted molar refractivity (Wildman–Crippen MR) is 510 cm³/mol. The Hall–Kier alpha value is -10.2. The van der Waals surface area contributed by atoms with Crippen LogP contribution in [0.4, 0.5) is 48.9 Å². The molecular formula is C90H144ClLiN26O19. The number of carboxylic acid groups (broad SMARTS) is 2. The molecule has 0 atom stereocenters. The first-order valence-electron chi connectivity index (χ1n) is 45.6. The summed E-state index contributed by atoms with van der Waals surface area (Å²) in [7, 11) is 0. The molecule has 12 rings (SSSR count). The largest absolute Gasteiger partial charge is 1.00 e. The van der Waals surface area contributed by atoms with Gasteiger partial charge in [-0.05, 0) is 114 Å². The number of nitrogens with one attached hydrogen (secondary N) is 1. The van der Waals surface area contributed by atoms with Gasteiger partial charge < -0.3 is 88.9 Å². The molecule has 6 aliphatic heterocycles. The van der Waals surface area contributed by atoms with E-state index in [2.05, 4.69) is 126 Å². The van der Waals surface area contributed by atoms with Crippen LogP contribution in [0.3, 0.4) is 0 Å². The number of ether oxygens (including phenoxy) is 8. The van der Waals surface area contributed by atoms with Gasteiger partial charge in [-0.3, -0.25) is 29.4 Å². The minimum Gasteiger partial charge on any atom is -0.870 e. The zero-order valence-corrected chi connectivity index (χ0v) is 82.5. The number of imide groups is 2. The molecule has 0 unspecified atom stereocenters. The topological polar surface area (TPSA) is 504 Å². The number of rotatable bonds is 32. The number of carboxylic acids is 2. The van der Waals surface area contributed by atoms with E-state index in [9.17, 15) is 33.6 Å². The Kier molecular flexibility index (Phi) is 50.2. The molecule has 6 aromatic rings. The maximum Gasteiger partial charge on any atom is 1.00 e. The summed E-state index contributed by atoms with van der Waals surface area (Å²) in [5.74, 6) is 0.827. The van der Waals surface area contributed by atoms with Gasteiger partial charge in [0, 0.05) is 282 Å². The quantitative estimate of drug-likeness (QED) is 0.0179. The number of carbonyl (C=O) groups excluding carboxylic acids is 5. The first kappa shape index (κ1) is 117. The summed E-state index contributed by atoms with van der Waals surface area (Å²) in [6.45, 7) is 56.6. The zero-order chi connectivity index (χ0) is 96.1. The predicted octanol–water partition coefficient (Wildman–Crippen LogP) is 3.22. The number of halogens is 1. The second-order valence-electron chi connectivity index (χ2n) is 36.3. The summed E-state index contributed by atoms with van der Waals surface area (Å²) in [4.78, 5) is 162. The van der Waals surface area contributed by atoms with Crippen LogP contribution in [0.15, 0.2) is 74.4 Å². The van der Waals surface area contributed by atoms with Crippen molar-refractivity contribution < 1.29 is 111 Å². The van der Waals surface area contributed by atoms with Gasteiger partial charge in [0.15, 0.2) is 0 Å². The third-order valence-electron chi connectivity index (χ3n) is 21.3. The molecule has 0 bridgehead atoms. The van der Waals surface area contributed by atoms with E-state index in [-0.39, 0.29) is 66.7 Å². The first-order valence-corrected chi connectivity index (χ1v) is 46.0. The number of hydrogen-bond donors (Lipinski definition) is 3. The van der Waals surface area contributed by atoms with E-state index in [1.165, 1.54) is 55.1 Å². The molecule has 0 saturated carbocycles. The number of esters is 1. The van der Waals surface area contributed by atoms with Crippen molar-refractivity contribution in [3.63, 3.8) is 0 Å². The van der Waals surface area contributed by atoms with E-state index in [0.717, 1.165) is 245 Å². The average molecular weight is 1940 g/mol. The van der Waals surface area contributed by atoms with Crippen molar-refractivity contribution in [3.05, 3.63) is 113 Å². The van der Waals surface area contributed by atoms with Gasteiger partial charge in [0.25, 0.3) is 0 Å². The molecular weight excluding hydrogens is 1790 g/mol. The van der Waals surface area contributed by atoms with Gasteiger partial charge in [-0.15, -0.1) is 0 Å². The van der Waals surface area contributed by atoms with Crippen LogP contribution in [0.5, 0.6) is 0 Å². The van der Waals surface area contributed by atoms with Crippen molar-refractivity contribution in [3.8, 4) is 0 Å². The van der Waals surface area contributed by atoms with Crippen LogP contribution in [-0.4, -0.2) is 427 Å². The van der Waals surface area contributed by atoms with Crippen LogP contribution in [0.2, 0.25) is 5.28 Å². The maximum absolute atomic E-state index is 12.8. The molecule has 137 heavy (non-hydrogen) atoms. The van der Waals surface area contributed by atoms with Crippen LogP contribution in [0.1, 0.15) is 152 Å². The van der Waals surface area contributed by atoms with E-state index in [4.69, 9.17) is 59.7 Å². The van der Waals surface area contributed by atoms with Gasteiger partial charge in [-0.25, -0.2) is 103 Å². The molecule has 6 N–H and O–H groups in total. The van der Waals surface area contributed by atoms with Crippen LogP contribution in [0, 0.1) is 0 Å². The number of nitrogens with zero attached hydrogens (tertiary/aromatic N) is 25. The summed E-state index contributed by atoms with van der Waals surface area (Å²) in [6, 6.07) is 0. The fourth-order valence-electron chi connectivity index (χ4n) is 14.0. The molecule has 0 aliphatic carbocycles. The Morgan fingerprint density at radius 3 is 0.796 bits per heavy atom. The third-order valence-corrected chi connectivity index (χ3v) is 21.5. The maximum atomic E-state index is 12.8. The van der Waals surface area contributed by atoms with E-state index in [1.807, 2.05) is 12.4 Å². The van der Waals surface area contributed by atoms with Crippen LogP contribution >= 0.6 is 11.6 Å². The van der Waals surface area contributed by atoms with Crippen molar-refractivity contribution >= 4 is 83.6 Å². The Bertz CT molecular complexity index is 4460. The number of amides is 4. The zero-order valence-electron chi connectivity index (χ0n) is 81.7. The number of anilines is 5. The standard InChI is InChI=1S/C34H53N9O7.C23H34N8O3.C17H28N6O3.C15H22ClN3O4.CH4.Li.2H2O/c1-8-48-28(44)27-23-37-30(38-24-27)42-15-11-40(12-16-42)18-20-47-19-17-39-9-13-41(14-10-39)29-35-21-26(22-36-29)25-43(31(45)49-33(2,3)4)32(46)50-34(5,6)7;1-2-19-15-24-22(25-16-19)30-7-3-28(4-8-30)11-13-34-14-12-29-5-9-31(10-6-29)23-26-17-20(18-27-23)21(32)33;24-16(25)15-13-19-17(20-14-15)23-7-5-22(6-8-23)10-12-26-11-9-21-3-1-18-2-4-21;1-14(2,3)22-12(20)19(13(21)23-15(4,5)6)9-10-7-17-11(16)18-8-10;;;;/h21-24H,8-20,25H2,1-7H3;15-18H,2-14H2,1H3,(H,32,33);13-14,18H,1-12H2,(H,24,25);7-8H,9H2,1-6H3;1H4;;2*1H2/q;;;;;+1;;/p-1. The van der Waals surface area contributed by atoms with E-state index in [0.29, 0.717) is 60.3 Å². The molecule has 6 fully saturated rings. The molecule has 0 spiro atoms. The molecule has 756 valence electrons. The second kappa shape index (κ2) is 58.6. The summed E-state index contributed by atoms with van der Waals surface area (Å²) in [6.07, 6.45) is 16.2. The summed E-state index contributed by atoms with van der Waals surface area (Å²) in [5, 5.41) is 21.3. The Morgan fingerprint density at radius 2 is 0.569 bits per heavy atom. The Balaban J connectivity index is 0.000000334. The minimum atomic E-state index is -1.01. The smallest absolute Gasteiger partial charge is 0.870 e. The molecule has 6 saturated heterocycles. The van der Waals surface area contributed by atoms with Crippen molar-refractivity contribution in [2.45, 2.75) is 146 Å². The SMILES string of the molecule is C.CC(C)(C)OC(=O)N(Cc1cnc(Cl)nc1)C(=O)OC(C)(C)C.CCOC(=O)c1cnc(N2CCN(CCOCCN3CCN(c4ncc(CN(C(=O)OC(C)(C)C)C(=O)OC(C)(C)C)cn4)CC3)CC2)nc1.CCc1cnc(N2CCN(CCOCCN3CCN(c4ncc(C(=O)O)cn4)CC3)CC2)nc1.O.O=C(O)c1cnc(N2CCN(CCOCCN3CCNCC3)CC2)nc1.[Li+].[OH-]. The van der Waals surface area contributed by atoms with Gasteiger partial charge in [-0.1, -0.05) is 14.4 Å². The van der Waals surface area contributed by atoms with Gasteiger partial charge >= 0.3 is 61.1 Å². The Morgan fingerprint density at radius 1 is 0.350 bits per heavy atom. The summed E-state index contributed by atoms with van der Waals surface area (Å²) < 4.78 is 44.1. The van der Waals surface area contributed by atoms with E-state index in [1.54, 1.807) is 102 Å². The van der Waals surface area contributed by atoms with Crippen molar-refractivity contribution in [2.75, 3.05) is 267 Å². The normalized spacial score (nSPS) is 16.0. The summed E-state index contributed by atoms with van der Waals surface area (Å²) >= 11 is 5.63. The molecule has 45 nitrogen and oxygen atoms in total. The Labute approximate surface area is 821 Å². The monoisotopic (exact) mass is 1940 g/mol. The molecule has 6 aliphatic rings. The molecule has 6 aromatic heterocycles. The van der Waals surface area contributed by atoms with Gasteiger partial charge in [0.1, 0.15) is 22.4 Å². The van der Waals surface area contributed by atoms with Gasteiger partial charge in [0.2, 0.25) is 35.0 Å². The van der Waals surface area contributed by atoms with Crippen LogP contribution < -0.4 is 48.7 Å². The fourth-order valence-corrected chi connectivity index (χ4v) is 14.1. The number of aromatic nitrogens is 12. The molecule has 12 heterocycles. The number of aromatic carboxylic acids is 2. The van der Waals surface area contributed by atoms with Crippen molar-refractivity contribution in [1.82, 2.24) is 104 Å². The number of piperazine rings is 6. The number of aryl methyl sites for hydroxylation is 1. The second-order valence-corrected chi connectivity index (χ2v) is 36.6. The van der Waals surface area contributed by atoms with E-state index >= 15 is 0 Å². The third kappa shape index (κ3) is 42.6. The number of hydrogen-bond acceptors (Lipinski definition) is 40. The molecule has 0 aromatic carbocycles. The van der Waals surface area contributed by atoms with E-state index < -0.39 is 64.7 Å². The van der Waals surface area contributed by atoms with Crippen LogP contribution in [0.25, 0.3) is 0 Å². The summed E-state index contributed by atoms with van der Waals surface area (Å²) in [5.41, 5.74) is -0.177. The van der Waals surface area contributed by atoms with Crippen molar-refractivity contribution in [2.24, 2.45) is 0 Å². The van der Waals surface area contributed by atoms with Gasteiger partial charge in [-0.2, -0.15) is 0 Å². The molecule has 0 radical (unpaired) electrons. The van der Waals surface area contributed by atoms with Crippen LogP contribution in [-0.2, 0) is 57.4 Å². The molecule has 4 amide bonds. The van der Waals surface area contributed by atoms with Crippen molar-refractivity contribution in [1.29, 1.82) is 0 Å².